The van der Waals surface area contributed by atoms with E-state index in [1.807, 2.05) is 43.3 Å². The Balaban J connectivity index is 1.27. The van der Waals surface area contributed by atoms with Gasteiger partial charge in [-0.25, -0.2) is 9.67 Å². The molecule has 2 heterocycles. The van der Waals surface area contributed by atoms with Crippen molar-refractivity contribution in [2.45, 2.75) is 13.3 Å². The summed E-state index contributed by atoms with van der Waals surface area (Å²) in [6, 6.07) is 19.9. The number of ether oxygens (including phenoxy) is 2. The topological polar surface area (TPSA) is 94.2 Å². The summed E-state index contributed by atoms with van der Waals surface area (Å²) in [4.78, 5) is 18.4. The Bertz CT molecular complexity index is 1550. The average Bonchev–Trinajstić information content (AvgIpc) is 3.57. The number of halogens is 3. The zero-order chi connectivity index (χ0) is 28.1. The lowest BCUT2D eigenvalue weighted by Gasteiger charge is -2.18. The maximum absolute atomic E-state index is 12.6. The van der Waals surface area contributed by atoms with E-state index >= 15 is 0 Å². The van der Waals surface area contributed by atoms with Crippen LogP contribution in [0.4, 0.5) is 18.9 Å². The highest BCUT2D eigenvalue weighted by molar-refractivity contribution is 8.15. The molecular formula is C27H21F3N6O3S. The molecule has 0 spiro atoms. The van der Waals surface area contributed by atoms with Crippen LogP contribution in [0.3, 0.4) is 0 Å². The normalized spacial score (nSPS) is 14.8. The number of para-hydroxylation sites is 2. The summed E-state index contributed by atoms with van der Waals surface area (Å²) in [6.07, 6.45) is -1.71. The van der Waals surface area contributed by atoms with Crippen molar-refractivity contribution in [3.63, 3.8) is 0 Å². The quantitative estimate of drug-likeness (QED) is 0.201. The number of thioether (sulfide) groups is 1. The zero-order valence-corrected chi connectivity index (χ0v) is 21.8. The SMILES string of the molecule is CCOc1ccccc1N1C(=O)CSC1=NN=Cc1ccc(-c2ncn(-c3ccc(OC(F)(F)F)cc3)n2)cc1. The smallest absolute Gasteiger partial charge is 0.492 e. The average molecular weight is 567 g/mol. The molecule has 0 N–H and O–H groups in total. The van der Waals surface area contributed by atoms with E-state index in [1.54, 1.807) is 18.3 Å². The molecule has 4 aromatic rings. The number of hydrogen-bond donors (Lipinski definition) is 0. The van der Waals surface area contributed by atoms with E-state index in [4.69, 9.17) is 4.74 Å². The summed E-state index contributed by atoms with van der Waals surface area (Å²) in [5.74, 6) is 0.864. The number of carbonyl (C=O) groups excluding carboxylic acids is 1. The lowest BCUT2D eigenvalue weighted by molar-refractivity contribution is -0.274. The van der Waals surface area contributed by atoms with Gasteiger partial charge in [-0.2, -0.15) is 5.10 Å². The van der Waals surface area contributed by atoms with Crippen molar-refractivity contribution >= 4 is 34.7 Å². The van der Waals surface area contributed by atoms with Gasteiger partial charge in [-0.05, 0) is 48.9 Å². The molecule has 5 rings (SSSR count). The van der Waals surface area contributed by atoms with E-state index < -0.39 is 6.36 Å². The van der Waals surface area contributed by atoms with E-state index in [2.05, 4.69) is 25.0 Å². The van der Waals surface area contributed by atoms with Crippen molar-refractivity contribution in [1.82, 2.24) is 14.8 Å². The molecule has 40 heavy (non-hydrogen) atoms. The Labute approximate surface area is 231 Å². The molecule has 3 aromatic carbocycles. The first-order chi connectivity index (χ1) is 19.3. The number of anilines is 1. The fourth-order valence-electron chi connectivity index (χ4n) is 3.78. The first-order valence-electron chi connectivity index (χ1n) is 12.0. The van der Waals surface area contributed by atoms with E-state index in [9.17, 15) is 18.0 Å². The van der Waals surface area contributed by atoms with Crippen LogP contribution < -0.4 is 14.4 Å². The van der Waals surface area contributed by atoms with Crippen LogP contribution in [0, 0.1) is 0 Å². The van der Waals surface area contributed by atoms with Crippen LogP contribution in [0.5, 0.6) is 11.5 Å². The van der Waals surface area contributed by atoms with Crippen LogP contribution in [0.2, 0.25) is 0 Å². The minimum absolute atomic E-state index is 0.104. The number of aromatic nitrogens is 3. The monoisotopic (exact) mass is 566 g/mol. The molecule has 0 unspecified atom stereocenters. The van der Waals surface area contributed by atoms with Gasteiger partial charge in [0.25, 0.3) is 0 Å². The predicted octanol–water partition coefficient (Wildman–Crippen LogP) is 5.70. The number of amidine groups is 1. The summed E-state index contributed by atoms with van der Waals surface area (Å²) in [5.41, 5.74) is 2.64. The highest BCUT2D eigenvalue weighted by Gasteiger charge is 2.32. The molecule has 1 amide bonds. The molecule has 0 aliphatic carbocycles. The van der Waals surface area contributed by atoms with Crippen LogP contribution in [-0.4, -0.2) is 50.8 Å². The first kappa shape index (κ1) is 26.9. The molecule has 1 aliphatic rings. The van der Waals surface area contributed by atoms with Gasteiger partial charge in [0.15, 0.2) is 11.0 Å². The molecule has 0 saturated carbocycles. The Morgan fingerprint density at radius 3 is 2.52 bits per heavy atom. The van der Waals surface area contributed by atoms with E-state index in [0.29, 0.717) is 34.7 Å². The third-order valence-corrected chi connectivity index (χ3v) is 6.43. The van der Waals surface area contributed by atoms with Crippen LogP contribution in [-0.2, 0) is 4.79 Å². The van der Waals surface area contributed by atoms with Gasteiger partial charge in [0, 0.05) is 5.56 Å². The second kappa shape index (κ2) is 11.6. The molecule has 0 bridgehead atoms. The maximum atomic E-state index is 12.6. The van der Waals surface area contributed by atoms with Gasteiger partial charge < -0.3 is 9.47 Å². The lowest BCUT2D eigenvalue weighted by atomic mass is 10.1. The lowest BCUT2D eigenvalue weighted by Crippen LogP contribution is -2.29. The number of rotatable bonds is 8. The number of benzene rings is 3. The molecular weight excluding hydrogens is 545 g/mol. The van der Waals surface area contributed by atoms with Crippen LogP contribution in [0.25, 0.3) is 17.1 Å². The molecule has 9 nitrogen and oxygen atoms in total. The van der Waals surface area contributed by atoms with E-state index in [1.165, 1.54) is 51.9 Å². The van der Waals surface area contributed by atoms with Crippen LogP contribution in [0.15, 0.2) is 89.3 Å². The third-order valence-electron chi connectivity index (χ3n) is 5.52. The number of nitrogens with zero attached hydrogens (tertiary/aromatic N) is 6. The van der Waals surface area contributed by atoms with Crippen molar-refractivity contribution in [3.05, 3.63) is 84.7 Å². The summed E-state index contributed by atoms with van der Waals surface area (Å²) in [6.45, 7) is 2.35. The molecule has 13 heteroatoms. The molecule has 1 saturated heterocycles. The highest BCUT2D eigenvalue weighted by atomic mass is 32.2. The Morgan fingerprint density at radius 2 is 1.80 bits per heavy atom. The minimum Gasteiger partial charge on any atom is -0.492 e. The number of amides is 1. The summed E-state index contributed by atoms with van der Waals surface area (Å²) in [7, 11) is 0. The van der Waals surface area contributed by atoms with Crippen molar-refractivity contribution in [3.8, 4) is 28.6 Å². The third kappa shape index (κ3) is 6.31. The fraction of sp³-hybridized carbons (Fsp3) is 0.148. The summed E-state index contributed by atoms with van der Waals surface area (Å²) in [5, 5.41) is 13.3. The Kier molecular flexibility index (Phi) is 7.82. The zero-order valence-electron chi connectivity index (χ0n) is 20.9. The van der Waals surface area contributed by atoms with Crippen molar-refractivity contribution < 1.29 is 27.4 Å². The molecule has 0 atom stereocenters. The second-order valence-electron chi connectivity index (χ2n) is 8.22. The van der Waals surface area contributed by atoms with E-state index in [0.717, 1.165) is 11.1 Å². The van der Waals surface area contributed by atoms with Crippen molar-refractivity contribution in [2.24, 2.45) is 10.2 Å². The second-order valence-corrected chi connectivity index (χ2v) is 9.16. The Hall–Kier alpha value is -4.65. The van der Waals surface area contributed by atoms with Crippen molar-refractivity contribution in [2.75, 3.05) is 17.3 Å². The van der Waals surface area contributed by atoms with Gasteiger partial charge >= 0.3 is 6.36 Å². The van der Waals surface area contributed by atoms with Gasteiger partial charge in [-0.15, -0.1) is 23.4 Å². The first-order valence-corrected chi connectivity index (χ1v) is 13.0. The predicted molar refractivity (Wildman–Crippen MR) is 146 cm³/mol. The Morgan fingerprint density at radius 1 is 1.05 bits per heavy atom. The van der Waals surface area contributed by atoms with Gasteiger partial charge in [0.05, 0.1) is 29.9 Å². The van der Waals surface area contributed by atoms with Gasteiger partial charge in [-0.1, -0.05) is 48.2 Å². The molecule has 1 aliphatic heterocycles. The van der Waals surface area contributed by atoms with Gasteiger partial charge in [-0.3, -0.25) is 9.69 Å². The van der Waals surface area contributed by atoms with Crippen LogP contribution in [0.1, 0.15) is 12.5 Å². The van der Waals surface area contributed by atoms with E-state index in [-0.39, 0.29) is 17.4 Å². The molecule has 0 radical (unpaired) electrons. The maximum Gasteiger partial charge on any atom is 0.573 e. The molecule has 1 aromatic heterocycles. The number of alkyl halides is 3. The molecule has 204 valence electrons. The van der Waals surface area contributed by atoms with Crippen molar-refractivity contribution in [1.29, 1.82) is 0 Å². The van der Waals surface area contributed by atoms with Gasteiger partial charge in [0.2, 0.25) is 5.91 Å². The molecule has 1 fully saturated rings. The summed E-state index contributed by atoms with van der Waals surface area (Å²) < 4.78 is 48.1. The highest BCUT2D eigenvalue weighted by Crippen LogP contribution is 2.34. The van der Waals surface area contributed by atoms with Crippen LogP contribution >= 0.6 is 11.8 Å². The standard InChI is InChI=1S/C27H21F3N6O3S/c1-2-38-23-6-4-3-5-22(23)36-24(37)16-40-26(36)33-32-15-18-7-9-19(10-8-18)25-31-17-35(34-25)20-11-13-21(14-12-20)39-27(28,29)30/h3-15,17H,2,16H2,1H3. The number of hydrogen-bond acceptors (Lipinski definition) is 8. The minimum atomic E-state index is -4.75. The van der Waals surface area contributed by atoms with Gasteiger partial charge in [0.1, 0.15) is 17.8 Å². The fourth-order valence-corrected chi connectivity index (χ4v) is 4.59. The summed E-state index contributed by atoms with van der Waals surface area (Å²) >= 11 is 1.30. The largest absolute Gasteiger partial charge is 0.573 e. The number of carbonyl (C=O) groups is 1.